The highest BCUT2D eigenvalue weighted by molar-refractivity contribution is 5.87. The van der Waals surface area contributed by atoms with Gasteiger partial charge < -0.3 is 15.7 Å². The predicted octanol–water partition coefficient (Wildman–Crippen LogP) is 2.63. The molecule has 0 saturated heterocycles. The number of nitrogens with zero attached hydrogens (tertiary/aromatic N) is 2. The first-order chi connectivity index (χ1) is 11.7. The van der Waals surface area contributed by atoms with Crippen LogP contribution in [0.5, 0.6) is 0 Å². The van der Waals surface area contributed by atoms with Crippen LogP contribution in [0.2, 0.25) is 0 Å². The smallest absolute Gasteiger partial charge is 0.141 e. The molecule has 24 heavy (non-hydrogen) atoms. The van der Waals surface area contributed by atoms with E-state index in [9.17, 15) is 0 Å². The van der Waals surface area contributed by atoms with Crippen LogP contribution in [-0.2, 0) is 0 Å². The van der Waals surface area contributed by atoms with Gasteiger partial charge in [-0.15, -0.1) is 5.53 Å². The molecule has 4 N–H and O–H groups in total. The first-order valence-electron chi connectivity index (χ1n) is 9.24. The molecule has 0 amide bonds. The Hall–Kier alpha value is -1.79. The number of H-pyrrole nitrogens is 1. The summed E-state index contributed by atoms with van der Waals surface area (Å²) in [7, 11) is 0. The molecule has 128 valence electrons. The molecule has 0 spiro atoms. The van der Waals surface area contributed by atoms with Gasteiger partial charge in [-0.05, 0) is 64.0 Å². The number of aromatic nitrogens is 1. The van der Waals surface area contributed by atoms with Crippen LogP contribution in [0.25, 0.3) is 5.70 Å². The fraction of sp³-hybridized carbons (Fsp3) is 0.611. The third kappa shape index (κ3) is 2.45. The Bertz CT molecular complexity index is 690. The van der Waals surface area contributed by atoms with Gasteiger partial charge in [0.2, 0.25) is 0 Å². The zero-order valence-corrected chi connectivity index (χ0v) is 14.2. The number of fused-ring (bicyclic) bond motifs is 3. The van der Waals surface area contributed by atoms with E-state index < -0.39 is 0 Å². The Morgan fingerprint density at radius 3 is 2.92 bits per heavy atom. The summed E-state index contributed by atoms with van der Waals surface area (Å²) in [6.45, 7) is 3.55. The Labute approximate surface area is 142 Å². The van der Waals surface area contributed by atoms with Crippen molar-refractivity contribution in [2.45, 2.75) is 51.0 Å². The summed E-state index contributed by atoms with van der Waals surface area (Å²) in [6.07, 6.45) is 11.7. The lowest BCUT2D eigenvalue weighted by atomic mass is 9.79. The van der Waals surface area contributed by atoms with Crippen molar-refractivity contribution in [1.82, 2.24) is 26.3 Å². The number of hydrogen-bond acceptors (Lipinski definition) is 5. The van der Waals surface area contributed by atoms with Crippen molar-refractivity contribution in [2.24, 2.45) is 16.8 Å². The molecule has 1 aromatic heterocycles. The second-order valence-corrected chi connectivity index (χ2v) is 8.01. The molecule has 1 aromatic rings. The fourth-order valence-electron chi connectivity index (χ4n) is 4.21. The number of rotatable bonds is 4. The van der Waals surface area contributed by atoms with Gasteiger partial charge in [0, 0.05) is 23.2 Å². The lowest BCUT2D eigenvalue weighted by Crippen LogP contribution is -2.38. The van der Waals surface area contributed by atoms with E-state index in [1.807, 2.05) is 17.5 Å². The van der Waals surface area contributed by atoms with Crippen molar-refractivity contribution in [1.29, 1.82) is 0 Å². The number of aromatic amines is 1. The maximum Gasteiger partial charge on any atom is 0.141 e. The highest BCUT2D eigenvalue weighted by Crippen LogP contribution is 2.41. The van der Waals surface area contributed by atoms with Gasteiger partial charge in [-0.2, -0.15) is 0 Å². The van der Waals surface area contributed by atoms with E-state index in [0.717, 1.165) is 11.7 Å². The van der Waals surface area contributed by atoms with Gasteiger partial charge in [0.05, 0.1) is 11.4 Å². The number of allylic oxidation sites excluding steroid dienone is 1. The van der Waals surface area contributed by atoms with Gasteiger partial charge in [-0.25, -0.2) is 10.0 Å². The van der Waals surface area contributed by atoms with Crippen molar-refractivity contribution < 1.29 is 0 Å². The van der Waals surface area contributed by atoms with Gasteiger partial charge in [-0.1, -0.05) is 0 Å². The molecule has 6 nitrogen and oxygen atoms in total. The van der Waals surface area contributed by atoms with Crippen LogP contribution in [0, 0.1) is 11.8 Å². The SMILES string of the molecule is CC1(NCC2CCC(C3=C4c5cc[nH]c5N=CN4NN3)CC2)CC1. The molecule has 2 aliphatic heterocycles. The first-order valence-corrected chi connectivity index (χ1v) is 9.24. The molecule has 0 bridgehead atoms. The Morgan fingerprint density at radius 2 is 2.12 bits per heavy atom. The van der Waals surface area contributed by atoms with E-state index in [0.29, 0.717) is 11.5 Å². The van der Waals surface area contributed by atoms with Gasteiger partial charge in [-0.3, -0.25) is 0 Å². The molecule has 4 aliphatic rings. The normalized spacial score (nSPS) is 30.1. The first kappa shape index (κ1) is 14.5. The van der Waals surface area contributed by atoms with Gasteiger partial charge in [0.15, 0.2) is 0 Å². The van der Waals surface area contributed by atoms with Crippen molar-refractivity contribution in [3.8, 4) is 0 Å². The van der Waals surface area contributed by atoms with Gasteiger partial charge in [0.25, 0.3) is 0 Å². The lowest BCUT2D eigenvalue weighted by Gasteiger charge is -2.30. The number of hydrogen-bond donors (Lipinski definition) is 4. The molecular formula is C18H26N6. The van der Waals surface area contributed by atoms with Gasteiger partial charge >= 0.3 is 0 Å². The number of nitrogens with one attached hydrogen (secondary N) is 4. The maximum atomic E-state index is 4.44. The second-order valence-electron chi connectivity index (χ2n) is 8.01. The van der Waals surface area contributed by atoms with E-state index in [2.05, 4.69) is 39.2 Å². The monoisotopic (exact) mass is 326 g/mol. The predicted molar refractivity (Wildman–Crippen MR) is 95.1 cm³/mol. The molecule has 3 heterocycles. The van der Waals surface area contributed by atoms with E-state index in [1.165, 1.54) is 62.0 Å². The zero-order chi connectivity index (χ0) is 16.1. The van der Waals surface area contributed by atoms with E-state index in [1.54, 1.807) is 0 Å². The van der Waals surface area contributed by atoms with Crippen LogP contribution in [0.4, 0.5) is 5.82 Å². The van der Waals surface area contributed by atoms with Crippen LogP contribution >= 0.6 is 0 Å². The third-order valence-corrected chi connectivity index (χ3v) is 6.16. The summed E-state index contributed by atoms with van der Waals surface area (Å²) < 4.78 is 0. The molecule has 6 heteroatoms. The molecular weight excluding hydrogens is 300 g/mol. The average molecular weight is 326 g/mol. The van der Waals surface area contributed by atoms with E-state index in [-0.39, 0.29) is 0 Å². The molecule has 5 rings (SSSR count). The minimum Gasteiger partial charge on any atom is -0.346 e. The van der Waals surface area contributed by atoms with E-state index in [4.69, 9.17) is 0 Å². The Balaban J connectivity index is 1.28. The second kappa shape index (κ2) is 5.36. The standard InChI is InChI=1S/C18H26N6/c1-18(7-8-18)21-10-12-2-4-13(5-3-12)15-16-14-6-9-19-17(14)20-11-24(16)23-22-15/h6,9,11-13,19,21-23H,2-5,7-8,10H2,1H3. The summed E-state index contributed by atoms with van der Waals surface area (Å²) in [5, 5.41) is 5.78. The molecule has 0 atom stereocenters. The van der Waals surface area contributed by atoms with Crippen LogP contribution in [-0.4, -0.2) is 28.4 Å². The number of aliphatic imine (C=N–C) groups is 1. The molecule has 2 aliphatic carbocycles. The summed E-state index contributed by atoms with van der Waals surface area (Å²) in [5.41, 5.74) is 10.9. The summed E-state index contributed by atoms with van der Waals surface area (Å²) in [5.74, 6) is 2.41. The van der Waals surface area contributed by atoms with Crippen molar-refractivity contribution >= 4 is 17.9 Å². The molecule has 0 unspecified atom stereocenters. The van der Waals surface area contributed by atoms with E-state index >= 15 is 0 Å². The fourth-order valence-corrected chi connectivity index (χ4v) is 4.21. The third-order valence-electron chi connectivity index (χ3n) is 6.16. The van der Waals surface area contributed by atoms with Gasteiger partial charge in [0.1, 0.15) is 12.2 Å². The largest absolute Gasteiger partial charge is 0.346 e. The minimum atomic E-state index is 0.463. The summed E-state index contributed by atoms with van der Waals surface area (Å²) in [4.78, 5) is 7.66. The summed E-state index contributed by atoms with van der Waals surface area (Å²) >= 11 is 0. The quantitative estimate of drug-likeness (QED) is 0.687. The van der Waals surface area contributed by atoms with Crippen molar-refractivity contribution in [2.75, 3.05) is 6.54 Å². The van der Waals surface area contributed by atoms with Crippen LogP contribution in [0.15, 0.2) is 23.0 Å². The maximum absolute atomic E-state index is 4.44. The average Bonchev–Trinajstić information content (AvgIpc) is 3.03. The van der Waals surface area contributed by atoms with Crippen molar-refractivity contribution in [3.63, 3.8) is 0 Å². The highest BCUT2D eigenvalue weighted by atomic mass is 15.7. The molecule has 2 saturated carbocycles. The van der Waals surface area contributed by atoms with Crippen molar-refractivity contribution in [3.05, 3.63) is 23.5 Å². The van der Waals surface area contributed by atoms with Crippen LogP contribution < -0.4 is 16.3 Å². The topological polar surface area (TPSA) is 67.5 Å². The van der Waals surface area contributed by atoms with Crippen LogP contribution in [0.1, 0.15) is 51.0 Å². The number of hydrazine groups is 2. The molecule has 0 radical (unpaired) electrons. The Morgan fingerprint density at radius 1 is 1.29 bits per heavy atom. The minimum absolute atomic E-state index is 0.463. The molecule has 2 fully saturated rings. The summed E-state index contributed by atoms with van der Waals surface area (Å²) in [6, 6.07) is 2.12. The lowest BCUT2D eigenvalue weighted by molar-refractivity contribution is 0.274. The highest BCUT2D eigenvalue weighted by Gasteiger charge is 2.38. The zero-order valence-electron chi connectivity index (χ0n) is 14.2. The molecule has 0 aromatic carbocycles. The van der Waals surface area contributed by atoms with Crippen LogP contribution in [0.3, 0.4) is 0 Å². The Kier molecular flexibility index (Phi) is 3.25.